The second kappa shape index (κ2) is 8.91. The fourth-order valence-corrected chi connectivity index (χ4v) is 5.98. The number of aromatic amines is 1. The van der Waals surface area contributed by atoms with Crippen molar-refractivity contribution in [2.45, 2.75) is 50.1 Å². The fourth-order valence-electron chi connectivity index (χ4n) is 4.10. The Labute approximate surface area is 188 Å². The first-order chi connectivity index (χ1) is 15.3. The van der Waals surface area contributed by atoms with E-state index >= 15 is 0 Å². The number of imidazole rings is 1. The average molecular weight is 457 g/mol. The molecule has 2 heterocycles. The normalized spacial score (nSPS) is 18.4. The Morgan fingerprint density at radius 1 is 1.25 bits per heavy atom. The summed E-state index contributed by atoms with van der Waals surface area (Å²) in [5, 5.41) is 2.90. The van der Waals surface area contributed by atoms with Crippen LogP contribution in [0.25, 0.3) is 11.0 Å². The monoisotopic (exact) mass is 456 g/mol. The molecule has 1 fully saturated rings. The minimum atomic E-state index is -3.80. The maximum absolute atomic E-state index is 13.4. The maximum Gasteiger partial charge on any atom is 0.251 e. The van der Waals surface area contributed by atoms with Crippen molar-refractivity contribution >= 4 is 27.0 Å². The van der Waals surface area contributed by atoms with Crippen LogP contribution >= 0.6 is 0 Å². The van der Waals surface area contributed by atoms with E-state index in [1.54, 1.807) is 6.07 Å². The first-order valence-corrected chi connectivity index (χ1v) is 12.2. The van der Waals surface area contributed by atoms with Crippen LogP contribution in [0.15, 0.2) is 47.4 Å². The predicted octanol–water partition coefficient (Wildman–Crippen LogP) is 3.63. The van der Waals surface area contributed by atoms with E-state index in [4.69, 9.17) is 4.74 Å². The third-order valence-electron chi connectivity index (χ3n) is 5.92. The van der Waals surface area contributed by atoms with Gasteiger partial charge in [0.2, 0.25) is 10.0 Å². The number of H-pyrrole nitrogens is 1. The number of amides is 1. The highest BCUT2D eigenvalue weighted by Crippen LogP contribution is 2.32. The second-order valence-corrected chi connectivity index (χ2v) is 10.0. The number of rotatable bonds is 6. The lowest BCUT2D eigenvalue weighted by Crippen LogP contribution is -2.42. The molecule has 0 saturated carbocycles. The molecule has 1 saturated heterocycles. The molecule has 1 aromatic heterocycles. The highest BCUT2D eigenvalue weighted by molar-refractivity contribution is 7.89. The van der Waals surface area contributed by atoms with Gasteiger partial charge in [-0.2, -0.15) is 4.31 Å². The number of sulfonamides is 1. The summed E-state index contributed by atoms with van der Waals surface area (Å²) in [6.45, 7) is 4.20. The minimum Gasteiger partial charge on any atom is -0.495 e. The molecule has 170 valence electrons. The van der Waals surface area contributed by atoms with Crippen LogP contribution in [0.4, 0.5) is 0 Å². The van der Waals surface area contributed by atoms with E-state index < -0.39 is 10.0 Å². The zero-order valence-corrected chi connectivity index (χ0v) is 19.3. The molecule has 2 aromatic carbocycles. The molecular weight excluding hydrogens is 428 g/mol. The van der Waals surface area contributed by atoms with Gasteiger partial charge in [-0.1, -0.05) is 18.6 Å². The summed E-state index contributed by atoms with van der Waals surface area (Å²) < 4.78 is 33.6. The van der Waals surface area contributed by atoms with Gasteiger partial charge in [0.25, 0.3) is 5.91 Å². The summed E-state index contributed by atoms with van der Waals surface area (Å²) in [4.78, 5) is 20.7. The van der Waals surface area contributed by atoms with Gasteiger partial charge in [-0.15, -0.1) is 0 Å². The molecule has 2 atom stereocenters. The summed E-state index contributed by atoms with van der Waals surface area (Å²) in [6, 6.07) is 11.6. The average Bonchev–Trinajstić information content (AvgIpc) is 3.23. The van der Waals surface area contributed by atoms with E-state index in [0.29, 0.717) is 12.4 Å². The third-order valence-corrected chi connectivity index (χ3v) is 7.95. The summed E-state index contributed by atoms with van der Waals surface area (Å²) in [7, 11) is -2.37. The Balaban J connectivity index is 1.60. The van der Waals surface area contributed by atoms with Crippen LogP contribution in [0.3, 0.4) is 0 Å². The van der Waals surface area contributed by atoms with Crippen LogP contribution in [-0.4, -0.2) is 48.3 Å². The summed E-state index contributed by atoms with van der Waals surface area (Å²) in [5.41, 5.74) is 1.95. The summed E-state index contributed by atoms with van der Waals surface area (Å²) in [6.07, 6.45) is 2.64. The molecule has 32 heavy (non-hydrogen) atoms. The van der Waals surface area contributed by atoms with E-state index in [1.807, 2.05) is 38.1 Å². The van der Waals surface area contributed by atoms with Gasteiger partial charge >= 0.3 is 0 Å². The van der Waals surface area contributed by atoms with Crippen molar-refractivity contribution in [3.8, 4) is 5.75 Å². The molecule has 1 aliphatic rings. The van der Waals surface area contributed by atoms with Gasteiger partial charge in [0, 0.05) is 18.2 Å². The number of fused-ring (bicyclic) bond motifs is 1. The molecule has 0 spiro atoms. The molecule has 9 heteroatoms. The number of benzene rings is 2. The molecule has 0 bridgehead atoms. The lowest BCUT2D eigenvalue weighted by atomic mass is 10.1. The number of aromatic nitrogens is 2. The number of carbonyl (C=O) groups is 1. The Morgan fingerprint density at radius 2 is 2.03 bits per heavy atom. The van der Waals surface area contributed by atoms with Crippen molar-refractivity contribution in [3.05, 3.63) is 53.9 Å². The molecule has 8 nitrogen and oxygen atoms in total. The fraction of sp³-hybridized carbons (Fsp3) is 0.391. The molecule has 1 amide bonds. The Kier molecular flexibility index (Phi) is 6.21. The molecule has 1 aliphatic heterocycles. The number of hydrogen-bond donors (Lipinski definition) is 2. The van der Waals surface area contributed by atoms with E-state index in [2.05, 4.69) is 15.3 Å². The molecule has 4 rings (SSSR count). The van der Waals surface area contributed by atoms with Crippen LogP contribution in [-0.2, 0) is 10.0 Å². The lowest BCUT2D eigenvalue weighted by Gasteiger charge is -2.32. The van der Waals surface area contributed by atoms with Crippen molar-refractivity contribution in [1.29, 1.82) is 0 Å². The number of nitrogens with one attached hydrogen (secondary N) is 2. The number of ether oxygens (including phenoxy) is 1. The van der Waals surface area contributed by atoms with E-state index in [0.717, 1.165) is 30.3 Å². The van der Waals surface area contributed by atoms with Crippen LogP contribution in [0.1, 0.15) is 55.3 Å². The van der Waals surface area contributed by atoms with Crippen molar-refractivity contribution in [1.82, 2.24) is 19.6 Å². The number of carbonyl (C=O) groups excluding carboxylic acids is 1. The van der Waals surface area contributed by atoms with Gasteiger partial charge in [0.05, 0.1) is 24.2 Å². The quantitative estimate of drug-likeness (QED) is 0.589. The highest BCUT2D eigenvalue weighted by Gasteiger charge is 2.33. The van der Waals surface area contributed by atoms with Gasteiger partial charge in [0.1, 0.15) is 16.5 Å². The first-order valence-electron chi connectivity index (χ1n) is 10.8. The van der Waals surface area contributed by atoms with Gasteiger partial charge in [-0.05, 0) is 57.0 Å². The standard InChI is InChI=1S/C23H28N4O4S/c1-15-8-6-7-13-27(15)32(29,30)21-14-17(11-12-20(21)31-3)23(28)24-16(2)22-25-18-9-4-5-10-19(18)26-22/h4-5,9-12,14-16H,6-8,13H2,1-3H3,(H,24,28)(H,25,26). The lowest BCUT2D eigenvalue weighted by molar-refractivity contribution is 0.0938. The van der Waals surface area contributed by atoms with Gasteiger partial charge in [-0.25, -0.2) is 13.4 Å². The summed E-state index contributed by atoms with van der Waals surface area (Å²) >= 11 is 0. The summed E-state index contributed by atoms with van der Waals surface area (Å²) in [5.74, 6) is 0.469. The van der Waals surface area contributed by atoms with E-state index in [-0.39, 0.29) is 34.2 Å². The van der Waals surface area contributed by atoms with E-state index in [1.165, 1.54) is 23.5 Å². The van der Waals surface area contributed by atoms with Crippen LogP contribution in [0, 0.1) is 0 Å². The molecular formula is C23H28N4O4S. The number of hydrogen-bond acceptors (Lipinski definition) is 5. The Hall–Kier alpha value is -2.91. The molecule has 0 aliphatic carbocycles. The zero-order chi connectivity index (χ0) is 22.9. The minimum absolute atomic E-state index is 0.0118. The smallest absolute Gasteiger partial charge is 0.251 e. The van der Waals surface area contributed by atoms with Crippen LogP contribution < -0.4 is 10.1 Å². The van der Waals surface area contributed by atoms with E-state index in [9.17, 15) is 13.2 Å². The second-order valence-electron chi connectivity index (χ2n) is 8.16. The van der Waals surface area contributed by atoms with Crippen LogP contribution in [0.2, 0.25) is 0 Å². The van der Waals surface area contributed by atoms with Gasteiger partial charge < -0.3 is 15.0 Å². The number of methoxy groups -OCH3 is 1. The van der Waals surface area contributed by atoms with Crippen LogP contribution in [0.5, 0.6) is 5.75 Å². The van der Waals surface area contributed by atoms with Gasteiger partial charge in [0.15, 0.2) is 0 Å². The Bertz CT molecular complexity index is 1200. The topological polar surface area (TPSA) is 104 Å². The third kappa shape index (κ3) is 4.22. The number of para-hydroxylation sites is 2. The van der Waals surface area contributed by atoms with Crippen molar-refractivity contribution in [2.75, 3.05) is 13.7 Å². The number of nitrogens with zero attached hydrogens (tertiary/aromatic N) is 2. The molecule has 2 unspecified atom stereocenters. The first kappa shape index (κ1) is 22.3. The largest absolute Gasteiger partial charge is 0.495 e. The zero-order valence-electron chi connectivity index (χ0n) is 18.5. The van der Waals surface area contributed by atoms with Crippen molar-refractivity contribution in [3.63, 3.8) is 0 Å². The molecule has 3 aromatic rings. The van der Waals surface area contributed by atoms with Crippen molar-refractivity contribution in [2.24, 2.45) is 0 Å². The highest BCUT2D eigenvalue weighted by atomic mass is 32.2. The number of piperidine rings is 1. The predicted molar refractivity (Wildman–Crippen MR) is 122 cm³/mol. The SMILES string of the molecule is COc1ccc(C(=O)NC(C)c2nc3ccccc3[nH]2)cc1S(=O)(=O)N1CCCCC1C. The maximum atomic E-state index is 13.4. The Morgan fingerprint density at radius 3 is 2.75 bits per heavy atom. The molecule has 0 radical (unpaired) electrons. The molecule has 2 N–H and O–H groups in total. The van der Waals surface area contributed by atoms with Crippen molar-refractivity contribution < 1.29 is 17.9 Å². The van der Waals surface area contributed by atoms with Gasteiger partial charge in [-0.3, -0.25) is 4.79 Å².